The molecule has 2 rings (SSSR count). The summed E-state index contributed by atoms with van der Waals surface area (Å²) in [5.74, 6) is 0.912. The third-order valence-corrected chi connectivity index (χ3v) is 2.69. The second kappa shape index (κ2) is 5.23. The van der Waals surface area contributed by atoms with Crippen molar-refractivity contribution in [3.05, 3.63) is 17.8 Å². The van der Waals surface area contributed by atoms with E-state index in [4.69, 9.17) is 10.5 Å². The van der Waals surface area contributed by atoms with E-state index >= 15 is 0 Å². The molecule has 1 aromatic rings. The van der Waals surface area contributed by atoms with Crippen molar-refractivity contribution in [2.45, 2.75) is 26.0 Å². The molecule has 16 heavy (non-hydrogen) atoms. The lowest BCUT2D eigenvalue weighted by molar-refractivity contribution is 0.0820. The van der Waals surface area contributed by atoms with E-state index in [1.807, 2.05) is 12.1 Å². The Hall–Kier alpha value is -1.20. The van der Waals surface area contributed by atoms with Crippen LogP contribution in [0, 0.1) is 0 Å². The SMILES string of the molecule is CC1CN(c2ccc(CN)nn2)CCCO1. The molecule has 1 aliphatic rings. The minimum atomic E-state index is 0.249. The van der Waals surface area contributed by atoms with Gasteiger partial charge in [0, 0.05) is 26.2 Å². The van der Waals surface area contributed by atoms with E-state index in [9.17, 15) is 0 Å². The third kappa shape index (κ3) is 2.68. The number of hydrogen-bond acceptors (Lipinski definition) is 5. The van der Waals surface area contributed by atoms with E-state index in [0.717, 1.165) is 37.6 Å². The van der Waals surface area contributed by atoms with Gasteiger partial charge in [-0.1, -0.05) is 0 Å². The molecule has 1 atom stereocenters. The van der Waals surface area contributed by atoms with Crippen LogP contribution in [-0.4, -0.2) is 36.0 Å². The van der Waals surface area contributed by atoms with Crippen LogP contribution in [0.3, 0.4) is 0 Å². The fraction of sp³-hybridized carbons (Fsp3) is 0.636. The number of anilines is 1. The van der Waals surface area contributed by atoms with Gasteiger partial charge in [0.25, 0.3) is 0 Å². The van der Waals surface area contributed by atoms with E-state index in [1.165, 1.54) is 0 Å². The van der Waals surface area contributed by atoms with Gasteiger partial charge in [-0.2, -0.15) is 5.10 Å². The zero-order valence-electron chi connectivity index (χ0n) is 9.59. The monoisotopic (exact) mass is 222 g/mol. The molecule has 1 aromatic heterocycles. The summed E-state index contributed by atoms with van der Waals surface area (Å²) in [4.78, 5) is 2.21. The molecule has 2 N–H and O–H groups in total. The summed E-state index contributed by atoms with van der Waals surface area (Å²) < 4.78 is 5.59. The Balaban J connectivity index is 2.09. The summed E-state index contributed by atoms with van der Waals surface area (Å²) >= 11 is 0. The van der Waals surface area contributed by atoms with E-state index in [-0.39, 0.29) is 6.10 Å². The van der Waals surface area contributed by atoms with Crippen molar-refractivity contribution >= 4 is 5.82 Å². The first kappa shape index (κ1) is 11.3. The zero-order valence-corrected chi connectivity index (χ0v) is 9.59. The Bertz CT molecular complexity index is 327. The van der Waals surface area contributed by atoms with Crippen LogP contribution in [0.4, 0.5) is 5.82 Å². The van der Waals surface area contributed by atoms with Gasteiger partial charge >= 0.3 is 0 Å². The molecule has 1 fully saturated rings. The van der Waals surface area contributed by atoms with Gasteiger partial charge in [0.2, 0.25) is 0 Å². The number of aromatic nitrogens is 2. The lowest BCUT2D eigenvalue weighted by atomic mass is 10.3. The van der Waals surface area contributed by atoms with Gasteiger partial charge in [0.05, 0.1) is 11.8 Å². The van der Waals surface area contributed by atoms with Crippen molar-refractivity contribution in [1.82, 2.24) is 10.2 Å². The molecule has 1 aliphatic heterocycles. The minimum absolute atomic E-state index is 0.249. The van der Waals surface area contributed by atoms with Gasteiger partial charge in [-0.25, -0.2) is 0 Å². The van der Waals surface area contributed by atoms with Crippen molar-refractivity contribution in [1.29, 1.82) is 0 Å². The standard InChI is InChI=1S/C11H18N4O/c1-9-8-15(5-2-6-16-9)11-4-3-10(7-12)13-14-11/h3-4,9H,2,5-8,12H2,1H3. The van der Waals surface area contributed by atoms with Gasteiger partial charge in [-0.3, -0.25) is 0 Å². The minimum Gasteiger partial charge on any atom is -0.377 e. The molecule has 1 saturated heterocycles. The maximum atomic E-state index is 5.59. The van der Waals surface area contributed by atoms with Gasteiger partial charge in [-0.15, -0.1) is 5.10 Å². The Kier molecular flexibility index (Phi) is 3.69. The highest BCUT2D eigenvalue weighted by molar-refractivity contribution is 5.37. The molecule has 0 aromatic carbocycles. The molecular weight excluding hydrogens is 204 g/mol. The average Bonchev–Trinajstić information content (AvgIpc) is 2.54. The molecule has 0 aliphatic carbocycles. The molecule has 88 valence electrons. The fourth-order valence-electron chi connectivity index (χ4n) is 1.83. The Morgan fingerprint density at radius 2 is 2.38 bits per heavy atom. The molecule has 5 nitrogen and oxygen atoms in total. The molecule has 0 radical (unpaired) electrons. The Morgan fingerprint density at radius 3 is 3.06 bits per heavy atom. The lowest BCUT2D eigenvalue weighted by Gasteiger charge is -2.22. The van der Waals surface area contributed by atoms with E-state index in [2.05, 4.69) is 22.0 Å². The highest BCUT2D eigenvalue weighted by Crippen LogP contribution is 2.14. The number of rotatable bonds is 2. The maximum Gasteiger partial charge on any atom is 0.151 e. The van der Waals surface area contributed by atoms with E-state index in [0.29, 0.717) is 6.54 Å². The first-order valence-electron chi connectivity index (χ1n) is 5.69. The molecule has 0 amide bonds. The number of ether oxygens (including phenoxy) is 1. The van der Waals surface area contributed by atoms with E-state index < -0.39 is 0 Å². The smallest absolute Gasteiger partial charge is 0.151 e. The van der Waals surface area contributed by atoms with Crippen molar-refractivity contribution in [3.63, 3.8) is 0 Å². The largest absolute Gasteiger partial charge is 0.377 e. The van der Waals surface area contributed by atoms with Gasteiger partial charge in [0.1, 0.15) is 0 Å². The highest BCUT2D eigenvalue weighted by atomic mass is 16.5. The van der Waals surface area contributed by atoms with Crippen LogP contribution in [0.5, 0.6) is 0 Å². The summed E-state index contributed by atoms with van der Waals surface area (Å²) in [6.07, 6.45) is 1.28. The molecule has 0 spiro atoms. The predicted molar refractivity (Wildman–Crippen MR) is 62.2 cm³/mol. The van der Waals surface area contributed by atoms with Crippen LogP contribution in [-0.2, 0) is 11.3 Å². The summed E-state index contributed by atoms with van der Waals surface area (Å²) in [7, 11) is 0. The molecule has 0 saturated carbocycles. The first-order valence-corrected chi connectivity index (χ1v) is 5.69. The Labute approximate surface area is 95.6 Å². The van der Waals surface area contributed by atoms with Crippen molar-refractivity contribution in [2.24, 2.45) is 5.73 Å². The number of nitrogens with two attached hydrogens (primary N) is 1. The number of hydrogen-bond donors (Lipinski definition) is 1. The molecule has 2 heterocycles. The van der Waals surface area contributed by atoms with Crippen LogP contribution >= 0.6 is 0 Å². The molecule has 5 heteroatoms. The fourth-order valence-corrected chi connectivity index (χ4v) is 1.83. The van der Waals surface area contributed by atoms with Gasteiger partial charge in [-0.05, 0) is 25.5 Å². The normalized spacial score (nSPS) is 21.9. The summed E-state index contributed by atoms with van der Waals surface area (Å²) in [6, 6.07) is 3.91. The van der Waals surface area contributed by atoms with Crippen molar-refractivity contribution < 1.29 is 4.74 Å². The quantitative estimate of drug-likeness (QED) is 0.791. The molecular formula is C11H18N4O. The van der Waals surface area contributed by atoms with Crippen LogP contribution in [0.15, 0.2) is 12.1 Å². The van der Waals surface area contributed by atoms with Crippen LogP contribution in [0.25, 0.3) is 0 Å². The van der Waals surface area contributed by atoms with Crippen LogP contribution in [0.2, 0.25) is 0 Å². The predicted octanol–water partition coefficient (Wildman–Crippen LogP) is 0.551. The lowest BCUT2D eigenvalue weighted by Crippen LogP contribution is -2.31. The van der Waals surface area contributed by atoms with Crippen LogP contribution in [0.1, 0.15) is 19.0 Å². The first-order chi connectivity index (χ1) is 7.79. The topological polar surface area (TPSA) is 64.3 Å². The third-order valence-electron chi connectivity index (χ3n) is 2.69. The second-order valence-corrected chi connectivity index (χ2v) is 4.07. The summed E-state index contributed by atoms with van der Waals surface area (Å²) in [5, 5.41) is 8.26. The van der Waals surface area contributed by atoms with Gasteiger partial charge in [0.15, 0.2) is 5.82 Å². The summed E-state index contributed by atoms with van der Waals surface area (Å²) in [6.45, 7) is 5.19. The Morgan fingerprint density at radius 1 is 1.50 bits per heavy atom. The highest BCUT2D eigenvalue weighted by Gasteiger charge is 2.16. The van der Waals surface area contributed by atoms with Crippen molar-refractivity contribution in [2.75, 3.05) is 24.6 Å². The number of nitrogens with zero attached hydrogens (tertiary/aromatic N) is 3. The van der Waals surface area contributed by atoms with Gasteiger partial charge < -0.3 is 15.4 Å². The zero-order chi connectivity index (χ0) is 11.4. The second-order valence-electron chi connectivity index (χ2n) is 4.07. The van der Waals surface area contributed by atoms with Crippen LogP contribution < -0.4 is 10.6 Å². The summed E-state index contributed by atoms with van der Waals surface area (Å²) in [5.41, 5.74) is 6.31. The maximum absolute atomic E-state index is 5.59. The average molecular weight is 222 g/mol. The molecule has 0 bridgehead atoms. The van der Waals surface area contributed by atoms with Crippen molar-refractivity contribution in [3.8, 4) is 0 Å². The molecule has 1 unspecified atom stereocenters. The van der Waals surface area contributed by atoms with E-state index in [1.54, 1.807) is 0 Å².